The zero-order valence-corrected chi connectivity index (χ0v) is 11.8. The molecule has 0 atom stereocenters. The fourth-order valence-electron chi connectivity index (χ4n) is 2.12. The Bertz CT molecular complexity index is 687. The topological polar surface area (TPSA) is 78.2 Å². The second-order valence-corrected chi connectivity index (χ2v) is 4.56. The molecule has 0 aliphatic carbocycles. The number of methoxy groups -OCH3 is 1. The highest BCUT2D eigenvalue weighted by Crippen LogP contribution is 2.12. The summed E-state index contributed by atoms with van der Waals surface area (Å²) < 4.78 is 7.78. The number of rotatable bonds is 5. The van der Waals surface area contributed by atoms with Crippen LogP contribution in [0.2, 0.25) is 0 Å². The Morgan fingerprint density at radius 3 is 2.95 bits per heavy atom. The Kier molecular flexibility index (Phi) is 4.19. The average molecular weight is 278 g/mol. The third-order valence-electron chi connectivity index (χ3n) is 3.10. The molecule has 0 aliphatic rings. The third kappa shape index (κ3) is 2.72. The van der Waals surface area contributed by atoms with Gasteiger partial charge in [0, 0.05) is 32.3 Å². The van der Waals surface area contributed by atoms with Crippen LogP contribution in [-0.4, -0.2) is 40.5 Å². The molecule has 1 N–H and O–H groups in total. The lowest BCUT2D eigenvalue weighted by molar-refractivity contribution is -0.121. The number of amides is 1. The highest BCUT2D eigenvalue weighted by Gasteiger charge is 2.12. The molecule has 0 radical (unpaired) electrons. The van der Waals surface area contributed by atoms with Crippen molar-refractivity contribution in [3.05, 3.63) is 28.3 Å². The van der Waals surface area contributed by atoms with Crippen molar-refractivity contribution in [2.24, 2.45) is 7.05 Å². The lowest BCUT2D eigenvalue weighted by atomic mass is 10.2. The van der Waals surface area contributed by atoms with Gasteiger partial charge >= 0.3 is 0 Å². The van der Waals surface area contributed by atoms with Crippen LogP contribution in [0, 0.1) is 6.92 Å². The van der Waals surface area contributed by atoms with Crippen molar-refractivity contribution in [2.45, 2.75) is 13.5 Å². The van der Waals surface area contributed by atoms with Gasteiger partial charge in [-0.05, 0) is 13.0 Å². The van der Waals surface area contributed by atoms with E-state index in [1.54, 1.807) is 25.0 Å². The molecule has 0 saturated heterocycles. The minimum Gasteiger partial charge on any atom is -0.383 e. The molecule has 1 amide bonds. The molecule has 2 aromatic heterocycles. The average Bonchev–Trinajstić information content (AvgIpc) is 2.69. The van der Waals surface area contributed by atoms with Gasteiger partial charge in [0.25, 0.3) is 5.56 Å². The lowest BCUT2D eigenvalue weighted by Gasteiger charge is -2.07. The van der Waals surface area contributed by atoms with Gasteiger partial charge in [-0.15, -0.1) is 0 Å². The summed E-state index contributed by atoms with van der Waals surface area (Å²) in [6.07, 6.45) is 1.62. The molecule has 2 aromatic rings. The van der Waals surface area contributed by atoms with Crippen molar-refractivity contribution in [1.82, 2.24) is 19.7 Å². The van der Waals surface area contributed by atoms with Gasteiger partial charge < -0.3 is 14.6 Å². The van der Waals surface area contributed by atoms with Crippen molar-refractivity contribution >= 4 is 16.8 Å². The maximum Gasteiger partial charge on any atom is 0.277 e. The summed E-state index contributed by atoms with van der Waals surface area (Å²) in [4.78, 5) is 24.0. The molecular formula is C13H18N4O3. The van der Waals surface area contributed by atoms with Crippen LogP contribution in [0.1, 0.15) is 5.69 Å². The van der Waals surface area contributed by atoms with Crippen LogP contribution in [0.25, 0.3) is 10.9 Å². The number of carbonyl (C=O) groups excluding carboxylic acids is 1. The minimum absolute atomic E-state index is 0.0112. The number of hydrogen-bond donors (Lipinski definition) is 1. The number of pyridine rings is 1. The van der Waals surface area contributed by atoms with Gasteiger partial charge in [0.1, 0.15) is 12.1 Å². The molecule has 2 rings (SSSR count). The smallest absolute Gasteiger partial charge is 0.277 e. The highest BCUT2D eigenvalue weighted by molar-refractivity contribution is 5.81. The summed E-state index contributed by atoms with van der Waals surface area (Å²) in [5.74, 6) is -0.220. The van der Waals surface area contributed by atoms with Gasteiger partial charge in [-0.1, -0.05) is 0 Å². The second kappa shape index (κ2) is 5.87. The molecule has 0 unspecified atom stereocenters. The monoisotopic (exact) mass is 278 g/mol. The van der Waals surface area contributed by atoms with Crippen LogP contribution in [0.15, 0.2) is 17.1 Å². The van der Waals surface area contributed by atoms with Crippen LogP contribution >= 0.6 is 0 Å². The molecule has 0 bridgehead atoms. The first-order valence-corrected chi connectivity index (χ1v) is 6.33. The predicted molar refractivity (Wildman–Crippen MR) is 74.6 cm³/mol. The van der Waals surface area contributed by atoms with Crippen LogP contribution < -0.4 is 10.9 Å². The van der Waals surface area contributed by atoms with Gasteiger partial charge in [-0.2, -0.15) is 5.10 Å². The van der Waals surface area contributed by atoms with Gasteiger partial charge in [0.15, 0.2) is 0 Å². The Morgan fingerprint density at radius 1 is 1.50 bits per heavy atom. The Morgan fingerprint density at radius 2 is 2.25 bits per heavy atom. The van der Waals surface area contributed by atoms with Crippen molar-refractivity contribution in [1.29, 1.82) is 0 Å². The Balaban J connectivity index is 2.23. The normalized spacial score (nSPS) is 10.9. The van der Waals surface area contributed by atoms with Crippen molar-refractivity contribution in [3.63, 3.8) is 0 Å². The van der Waals surface area contributed by atoms with Gasteiger partial charge in [0.05, 0.1) is 12.3 Å². The van der Waals surface area contributed by atoms with Crippen LogP contribution in [0.4, 0.5) is 0 Å². The van der Waals surface area contributed by atoms with E-state index in [0.29, 0.717) is 18.7 Å². The third-order valence-corrected chi connectivity index (χ3v) is 3.10. The number of ether oxygens (including phenoxy) is 1. The predicted octanol–water partition coefficient (Wildman–Crippen LogP) is -0.194. The van der Waals surface area contributed by atoms with Crippen molar-refractivity contribution in [3.8, 4) is 0 Å². The summed E-state index contributed by atoms with van der Waals surface area (Å²) >= 11 is 0. The van der Waals surface area contributed by atoms with E-state index in [-0.39, 0.29) is 18.0 Å². The van der Waals surface area contributed by atoms with E-state index in [0.717, 1.165) is 11.1 Å². The molecule has 0 aromatic carbocycles. The first-order chi connectivity index (χ1) is 9.54. The fourth-order valence-corrected chi connectivity index (χ4v) is 2.12. The molecule has 0 aliphatic heterocycles. The van der Waals surface area contributed by atoms with E-state index in [1.807, 2.05) is 13.0 Å². The summed E-state index contributed by atoms with van der Waals surface area (Å²) in [6, 6.07) is 1.81. The summed E-state index contributed by atoms with van der Waals surface area (Å²) in [5, 5.41) is 7.71. The van der Waals surface area contributed by atoms with Crippen molar-refractivity contribution in [2.75, 3.05) is 20.3 Å². The van der Waals surface area contributed by atoms with E-state index in [9.17, 15) is 9.59 Å². The second-order valence-electron chi connectivity index (χ2n) is 4.56. The largest absolute Gasteiger partial charge is 0.383 e. The van der Waals surface area contributed by atoms with E-state index < -0.39 is 0 Å². The number of aromatic nitrogens is 3. The fraction of sp³-hybridized carbons (Fsp3) is 0.462. The maximum atomic E-state index is 12.3. The number of carbonyl (C=O) groups is 1. The zero-order valence-electron chi connectivity index (χ0n) is 11.8. The Hall–Kier alpha value is -2.15. The number of hydrogen-bond acceptors (Lipinski definition) is 4. The van der Waals surface area contributed by atoms with Gasteiger partial charge in [0.2, 0.25) is 5.91 Å². The zero-order chi connectivity index (χ0) is 14.7. The molecule has 0 saturated carbocycles. The summed E-state index contributed by atoms with van der Waals surface area (Å²) in [7, 11) is 3.29. The quantitative estimate of drug-likeness (QED) is 0.769. The minimum atomic E-state index is -0.220. The first kappa shape index (κ1) is 14.3. The molecule has 20 heavy (non-hydrogen) atoms. The van der Waals surface area contributed by atoms with Crippen LogP contribution in [0.3, 0.4) is 0 Å². The highest BCUT2D eigenvalue weighted by atomic mass is 16.5. The molecule has 7 heteroatoms. The van der Waals surface area contributed by atoms with E-state index in [1.165, 1.54) is 4.57 Å². The Labute approximate surface area is 116 Å². The summed E-state index contributed by atoms with van der Waals surface area (Å²) in [6.45, 7) is 2.71. The first-order valence-electron chi connectivity index (χ1n) is 6.33. The van der Waals surface area contributed by atoms with E-state index in [4.69, 9.17) is 4.74 Å². The molecule has 108 valence electrons. The molecule has 7 nitrogen and oxygen atoms in total. The van der Waals surface area contributed by atoms with Gasteiger partial charge in [-0.25, -0.2) is 0 Å². The molecule has 2 heterocycles. The van der Waals surface area contributed by atoms with Crippen LogP contribution in [-0.2, 0) is 23.1 Å². The summed E-state index contributed by atoms with van der Waals surface area (Å²) in [5.41, 5.74) is 1.10. The van der Waals surface area contributed by atoms with E-state index in [2.05, 4.69) is 10.4 Å². The van der Waals surface area contributed by atoms with Gasteiger partial charge in [-0.3, -0.25) is 14.3 Å². The van der Waals surface area contributed by atoms with Crippen LogP contribution in [0.5, 0.6) is 0 Å². The lowest BCUT2D eigenvalue weighted by Crippen LogP contribution is -2.34. The number of fused-ring (bicyclic) bond motifs is 1. The number of nitrogens with one attached hydrogen (secondary N) is 1. The van der Waals surface area contributed by atoms with E-state index >= 15 is 0 Å². The van der Waals surface area contributed by atoms with Crippen molar-refractivity contribution < 1.29 is 9.53 Å². The molecule has 0 fully saturated rings. The standard InChI is InChI=1S/C13H18N4O3/c1-9-10-4-6-17(8-11(18)14-5-7-20-3)13(19)12(10)16(2)15-9/h4,6H,5,7-8H2,1-3H3,(H,14,18). The number of nitrogens with zero attached hydrogens (tertiary/aromatic N) is 3. The molecule has 0 spiro atoms. The SMILES string of the molecule is COCCNC(=O)Cn1ccc2c(C)nn(C)c2c1=O. The maximum absolute atomic E-state index is 12.3. The molecular weight excluding hydrogens is 260 g/mol. The number of aryl methyl sites for hydroxylation is 2.